The highest BCUT2D eigenvalue weighted by molar-refractivity contribution is 5.88. The number of benzene rings is 1. The average Bonchev–Trinajstić information content (AvgIpc) is 3.43. The van der Waals surface area contributed by atoms with Gasteiger partial charge in [0.2, 0.25) is 5.92 Å². The van der Waals surface area contributed by atoms with E-state index in [1.807, 2.05) is 0 Å². The minimum absolute atomic E-state index is 0.00209. The molecule has 11 heteroatoms. The van der Waals surface area contributed by atoms with Gasteiger partial charge in [0, 0.05) is 31.5 Å². The molecule has 1 aromatic heterocycles. The van der Waals surface area contributed by atoms with E-state index in [4.69, 9.17) is 15.2 Å². The number of nitrogens with one attached hydrogen (secondary N) is 1. The molecule has 0 radical (unpaired) electrons. The molecule has 8 nitrogen and oxygen atoms in total. The predicted molar refractivity (Wildman–Crippen MR) is 140 cm³/mol. The quantitative estimate of drug-likeness (QED) is 0.468. The zero-order chi connectivity index (χ0) is 29.0. The van der Waals surface area contributed by atoms with E-state index in [-0.39, 0.29) is 62.2 Å². The number of hydrogen-bond donors (Lipinski definition) is 2. The molecule has 4 rings (SSSR count). The highest BCUT2D eigenvalue weighted by Crippen LogP contribution is 2.42. The number of aromatic amines is 1. The van der Waals surface area contributed by atoms with Gasteiger partial charge in [-0.05, 0) is 72.8 Å². The zero-order valence-corrected chi connectivity index (χ0v) is 23.5. The fourth-order valence-electron chi connectivity index (χ4n) is 5.40. The molecule has 2 heterocycles. The number of fused-ring (bicyclic) bond motifs is 1. The third-order valence-corrected chi connectivity index (χ3v) is 7.42. The Labute approximate surface area is 226 Å². The number of hydrogen-bond acceptors (Lipinski definition) is 6. The van der Waals surface area contributed by atoms with Gasteiger partial charge in [-0.3, -0.25) is 4.79 Å². The van der Waals surface area contributed by atoms with Gasteiger partial charge in [0.25, 0.3) is 0 Å². The van der Waals surface area contributed by atoms with Crippen molar-refractivity contribution in [2.45, 2.75) is 102 Å². The van der Waals surface area contributed by atoms with Gasteiger partial charge >= 0.3 is 12.1 Å². The van der Waals surface area contributed by atoms with Crippen molar-refractivity contribution in [2.24, 2.45) is 11.7 Å². The second-order valence-corrected chi connectivity index (χ2v) is 12.9. The van der Waals surface area contributed by atoms with Crippen molar-refractivity contribution in [3.8, 4) is 0 Å². The van der Waals surface area contributed by atoms with E-state index in [9.17, 15) is 18.4 Å². The number of halogens is 3. The minimum atomic E-state index is -2.68. The van der Waals surface area contributed by atoms with Crippen molar-refractivity contribution in [1.82, 2.24) is 14.9 Å². The highest BCUT2D eigenvalue weighted by atomic mass is 19.3. The summed E-state index contributed by atoms with van der Waals surface area (Å²) < 4.78 is 54.7. The van der Waals surface area contributed by atoms with Gasteiger partial charge in [0.1, 0.15) is 28.0 Å². The number of likely N-dealkylation sites (tertiary alicyclic amines) is 1. The van der Waals surface area contributed by atoms with E-state index < -0.39 is 46.5 Å². The van der Waals surface area contributed by atoms with Crippen LogP contribution in [0.3, 0.4) is 0 Å². The van der Waals surface area contributed by atoms with E-state index in [0.29, 0.717) is 11.3 Å². The third-order valence-electron chi connectivity index (χ3n) is 7.42. The van der Waals surface area contributed by atoms with Crippen LogP contribution in [0.5, 0.6) is 0 Å². The second kappa shape index (κ2) is 9.98. The number of nitrogens with zero attached hydrogens (tertiary/aromatic N) is 2. The molecule has 0 bridgehead atoms. The molecule has 2 aliphatic rings. The first-order valence-electron chi connectivity index (χ1n) is 13.4. The van der Waals surface area contributed by atoms with E-state index in [1.54, 1.807) is 47.6 Å². The topological polar surface area (TPSA) is 111 Å². The smallest absolute Gasteiger partial charge is 0.410 e. The van der Waals surface area contributed by atoms with Gasteiger partial charge in [0.15, 0.2) is 5.82 Å². The van der Waals surface area contributed by atoms with Crippen LogP contribution >= 0.6 is 0 Å². The van der Waals surface area contributed by atoms with Crippen molar-refractivity contribution >= 4 is 23.1 Å². The Balaban J connectivity index is 1.69. The predicted octanol–water partition coefficient (Wildman–Crippen LogP) is 5.75. The van der Waals surface area contributed by atoms with Gasteiger partial charge < -0.3 is 25.1 Å². The van der Waals surface area contributed by atoms with Crippen LogP contribution in [0, 0.1) is 11.7 Å². The molecule has 1 aliphatic heterocycles. The summed E-state index contributed by atoms with van der Waals surface area (Å²) in [6, 6.07) is 2.47. The number of alkyl halides is 2. The summed E-state index contributed by atoms with van der Waals surface area (Å²) in [4.78, 5) is 35.3. The fraction of sp³-hybridized carbons (Fsp3) is 0.679. The van der Waals surface area contributed by atoms with Crippen LogP contribution in [-0.2, 0) is 19.7 Å². The van der Waals surface area contributed by atoms with Crippen LogP contribution in [-0.4, -0.2) is 57.1 Å². The molecule has 1 amide bonds. The molecule has 0 spiro atoms. The maximum absolute atomic E-state index is 16.2. The molecular weight excluding hydrogens is 513 g/mol. The lowest BCUT2D eigenvalue weighted by Gasteiger charge is -2.32. The summed E-state index contributed by atoms with van der Waals surface area (Å²) in [5, 5.41) is 0. The van der Waals surface area contributed by atoms with Crippen LogP contribution < -0.4 is 5.73 Å². The van der Waals surface area contributed by atoms with E-state index in [1.165, 1.54) is 11.0 Å². The molecule has 1 saturated heterocycles. The lowest BCUT2D eigenvalue weighted by molar-refractivity contribution is -0.161. The number of imidazole rings is 1. The standard InChI is InChI=1S/C28H39F3N4O4/c1-25(2,3)38-23(36)27(13-14-35(15-27)24(37)39-26(4,5)6)17-7-8-18-21(19(17)29)34-22(33-18)20(32)16-9-11-28(30,31)12-10-16/h7-8,16,20H,9-15,32H2,1-6H3,(H,33,34)/t20-,27+/m0/s1. The highest BCUT2D eigenvalue weighted by Gasteiger charge is 2.52. The lowest BCUT2D eigenvalue weighted by atomic mass is 9.79. The van der Waals surface area contributed by atoms with Crippen molar-refractivity contribution in [3.05, 3.63) is 29.3 Å². The molecule has 39 heavy (non-hydrogen) atoms. The number of amides is 1. The fourth-order valence-corrected chi connectivity index (χ4v) is 5.40. The van der Waals surface area contributed by atoms with Crippen molar-refractivity contribution in [1.29, 1.82) is 0 Å². The first-order chi connectivity index (χ1) is 17.9. The van der Waals surface area contributed by atoms with Crippen LogP contribution in [0.2, 0.25) is 0 Å². The molecule has 1 saturated carbocycles. The average molecular weight is 553 g/mol. The lowest BCUT2D eigenvalue weighted by Crippen LogP contribution is -2.45. The number of aromatic nitrogens is 2. The van der Waals surface area contributed by atoms with Gasteiger partial charge in [-0.25, -0.2) is 22.9 Å². The molecule has 1 aromatic carbocycles. The van der Waals surface area contributed by atoms with Gasteiger partial charge in [-0.2, -0.15) is 0 Å². The zero-order valence-electron chi connectivity index (χ0n) is 23.5. The Kier molecular flexibility index (Phi) is 7.46. The van der Waals surface area contributed by atoms with Crippen molar-refractivity contribution in [3.63, 3.8) is 0 Å². The summed E-state index contributed by atoms with van der Waals surface area (Å²) in [5.74, 6) is -3.94. The second-order valence-electron chi connectivity index (χ2n) is 12.9. The molecule has 0 unspecified atom stereocenters. The van der Waals surface area contributed by atoms with E-state index in [0.717, 1.165) is 0 Å². The minimum Gasteiger partial charge on any atom is -0.459 e. The Morgan fingerprint density at radius 1 is 1.08 bits per heavy atom. The summed E-state index contributed by atoms with van der Waals surface area (Å²) in [5.41, 5.74) is 3.78. The molecule has 216 valence electrons. The molecule has 2 aromatic rings. The van der Waals surface area contributed by atoms with E-state index in [2.05, 4.69) is 9.97 Å². The van der Waals surface area contributed by atoms with Crippen molar-refractivity contribution in [2.75, 3.05) is 13.1 Å². The Morgan fingerprint density at radius 3 is 2.28 bits per heavy atom. The monoisotopic (exact) mass is 552 g/mol. The molecule has 1 aliphatic carbocycles. The first kappa shape index (κ1) is 29.2. The molecule has 2 atom stereocenters. The van der Waals surface area contributed by atoms with Gasteiger partial charge in [-0.15, -0.1) is 0 Å². The van der Waals surface area contributed by atoms with Crippen LogP contribution in [0.25, 0.3) is 11.0 Å². The van der Waals surface area contributed by atoms with Crippen molar-refractivity contribution < 1.29 is 32.2 Å². The number of rotatable bonds is 4. The maximum atomic E-state index is 16.2. The SMILES string of the molecule is CC(C)(C)OC(=O)N1CC[C@](C(=O)OC(C)(C)C)(c2ccc3[nH]c([C@@H](N)C4CCC(F)(F)CC4)nc3c2F)C1. The maximum Gasteiger partial charge on any atom is 0.410 e. The molecular formula is C28H39F3N4O4. The Morgan fingerprint density at radius 2 is 1.69 bits per heavy atom. The molecule has 2 fully saturated rings. The summed E-state index contributed by atoms with van der Waals surface area (Å²) >= 11 is 0. The normalized spacial score (nSPS) is 23.2. The number of nitrogens with two attached hydrogens (primary N) is 1. The summed E-state index contributed by atoms with van der Waals surface area (Å²) in [6.07, 6.45) is -0.438. The van der Waals surface area contributed by atoms with Crippen LogP contribution in [0.15, 0.2) is 12.1 Å². The molecule has 3 N–H and O–H groups in total. The number of H-pyrrole nitrogens is 1. The van der Waals surface area contributed by atoms with Gasteiger partial charge in [0.05, 0.1) is 11.6 Å². The summed E-state index contributed by atoms with van der Waals surface area (Å²) in [6.45, 7) is 10.5. The largest absolute Gasteiger partial charge is 0.459 e. The third kappa shape index (κ3) is 6.18. The number of esters is 1. The summed E-state index contributed by atoms with van der Waals surface area (Å²) in [7, 11) is 0. The van der Waals surface area contributed by atoms with Gasteiger partial charge in [-0.1, -0.05) is 6.07 Å². The number of ether oxygens (including phenoxy) is 2. The Hall–Kier alpha value is -2.82. The first-order valence-corrected chi connectivity index (χ1v) is 13.4. The Bertz CT molecular complexity index is 1240. The number of carbonyl (C=O) groups is 2. The van der Waals surface area contributed by atoms with E-state index >= 15 is 4.39 Å². The van der Waals surface area contributed by atoms with Crippen LogP contribution in [0.4, 0.5) is 18.0 Å². The number of carbonyl (C=O) groups excluding carboxylic acids is 2. The van der Waals surface area contributed by atoms with Crippen LogP contribution in [0.1, 0.15) is 91.1 Å².